The fourth-order valence-corrected chi connectivity index (χ4v) is 2.04. The van der Waals surface area contributed by atoms with Crippen molar-refractivity contribution in [3.05, 3.63) is 23.8 Å². The van der Waals surface area contributed by atoms with Gasteiger partial charge < -0.3 is 9.84 Å². The Labute approximate surface area is 101 Å². The minimum absolute atomic E-state index is 0.0302. The lowest BCUT2D eigenvalue weighted by Crippen LogP contribution is -2.20. The summed E-state index contributed by atoms with van der Waals surface area (Å²) < 4.78 is 5.24. The Morgan fingerprint density at radius 1 is 1.41 bits per heavy atom. The fraction of sp³-hybridized carbons (Fsp3) is 0.462. The molecule has 0 bridgehead atoms. The zero-order valence-electron chi connectivity index (χ0n) is 9.90. The van der Waals surface area contributed by atoms with Crippen molar-refractivity contribution < 1.29 is 14.6 Å². The second-order valence-corrected chi connectivity index (χ2v) is 4.46. The number of carbonyl (C=O) groups is 1. The van der Waals surface area contributed by atoms with Crippen molar-refractivity contribution >= 4 is 11.8 Å². The van der Waals surface area contributed by atoms with Crippen molar-refractivity contribution in [2.24, 2.45) is 0 Å². The maximum absolute atomic E-state index is 11.6. The number of aromatic hydroxyl groups is 1. The van der Waals surface area contributed by atoms with E-state index in [2.05, 4.69) is 5.32 Å². The Kier molecular flexibility index (Phi) is 3.52. The lowest BCUT2D eigenvalue weighted by Gasteiger charge is -2.13. The monoisotopic (exact) mass is 235 g/mol. The van der Waals surface area contributed by atoms with Crippen LogP contribution in [0.15, 0.2) is 18.2 Å². The molecule has 2 rings (SSSR count). The smallest absolute Gasteiger partial charge is 0.412 e. The summed E-state index contributed by atoms with van der Waals surface area (Å²) in [5.74, 6) is 0.0633. The number of hydrogen-bond donors (Lipinski definition) is 2. The average Bonchev–Trinajstić information content (AvgIpc) is 2.75. The average molecular weight is 235 g/mol. The molecular formula is C13H17NO3. The van der Waals surface area contributed by atoms with Crippen molar-refractivity contribution in [3.8, 4) is 5.75 Å². The maximum atomic E-state index is 11.6. The number of nitrogens with one attached hydrogen (secondary N) is 1. The molecule has 1 aromatic rings. The molecule has 0 spiro atoms. The predicted molar refractivity (Wildman–Crippen MR) is 65.2 cm³/mol. The van der Waals surface area contributed by atoms with Crippen LogP contribution in [0.2, 0.25) is 0 Å². The van der Waals surface area contributed by atoms with E-state index in [0.29, 0.717) is 5.69 Å². The number of benzene rings is 1. The van der Waals surface area contributed by atoms with Crippen LogP contribution < -0.4 is 5.32 Å². The van der Waals surface area contributed by atoms with Gasteiger partial charge in [0.05, 0.1) is 5.69 Å². The molecule has 1 saturated carbocycles. The number of carbonyl (C=O) groups excluding carboxylic acids is 1. The third kappa shape index (κ3) is 3.12. The molecule has 0 aliphatic heterocycles. The molecule has 1 aromatic carbocycles. The standard InChI is InChI=1S/C13H17NO3/c1-9-6-7-11(12(15)8-9)14-13(16)17-10-4-2-3-5-10/h6-8,10,15H,2-5H2,1H3,(H,14,16). The highest BCUT2D eigenvalue weighted by Crippen LogP contribution is 2.25. The number of aryl methyl sites for hydroxylation is 1. The first kappa shape index (κ1) is 11.8. The van der Waals surface area contributed by atoms with Crippen LogP contribution in [0.4, 0.5) is 10.5 Å². The molecule has 0 aromatic heterocycles. The van der Waals surface area contributed by atoms with E-state index in [1.165, 1.54) is 0 Å². The van der Waals surface area contributed by atoms with Gasteiger partial charge >= 0.3 is 6.09 Å². The van der Waals surface area contributed by atoms with E-state index in [-0.39, 0.29) is 11.9 Å². The highest BCUT2D eigenvalue weighted by atomic mass is 16.6. The topological polar surface area (TPSA) is 58.6 Å². The van der Waals surface area contributed by atoms with E-state index in [1.807, 2.05) is 13.0 Å². The largest absolute Gasteiger partial charge is 0.506 e. The molecule has 0 unspecified atom stereocenters. The normalized spacial score (nSPS) is 15.8. The van der Waals surface area contributed by atoms with Crippen LogP contribution >= 0.6 is 0 Å². The summed E-state index contributed by atoms with van der Waals surface area (Å²) in [6.07, 6.45) is 3.65. The van der Waals surface area contributed by atoms with Crippen LogP contribution in [-0.2, 0) is 4.74 Å². The summed E-state index contributed by atoms with van der Waals surface area (Å²) in [5.41, 5.74) is 1.33. The van der Waals surface area contributed by atoms with Gasteiger partial charge in [0, 0.05) is 0 Å². The highest BCUT2D eigenvalue weighted by Gasteiger charge is 2.19. The van der Waals surface area contributed by atoms with E-state index in [4.69, 9.17) is 4.74 Å². The van der Waals surface area contributed by atoms with E-state index >= 15 is 0 Å². The molecule has 0 heterocycles. The van der Waals surface area contributed by atoms with Gasteiger partial charge in [-0.05, 0) is 50.3 Å². The number of anilines is 1. The van der Waals surface area contributed by atoms with Gasteiger partial charge in [0.2, 0.25) is 0 Å². The lowest BCUT2D eigenvalue weighted by molar-refractivity contribution is 0.114. The number of hydrogen-bond acceptors (Lipinski definition) is 3. The first-order valence-electron chi connectivity index (χ1n) is 5.92. The first-order chi connectivity index (χ1) is 8.15. The maximum Gasteiger partial charge on any atom is 0.412 e. The van der Waals surface area contributed by atoms with Crippen LogP contribution in [0.3, 0.4) is 0 Å². The Morgan fingerprint density at radius 2 is 2.12 bits per heavy atom. The van der Waals surface area contributed by atoms with Gasteiger partial charge in [0.25, 0.3) is 0 Å². The van der Waals surface area contributed by atoms with E-state index in [0.717, 1.165) is 31.2 Å². The summed E-state index contributed by atoms with van der Waals surface area (Å²) in [4.78, 5) is 11.6. The molecular weight excluding hydrogens is 218 g/mol. The Balaban J connectivity index is 1.93. The molecule has 0 saturated heterocycles. The van der Waals surface area contributed by atoms with Crippen LogP contribution in [0, 0.1) is 6.92 Å². The summed E-state index contributed by atoms with van der Waals surface area (Å²) >= 11 is 0. The molecule has 1 aliphatic rings. The summed E-state index contributed by atoms with van der Waals surface area (Å²) in [6, 6.07) is 5.09. The van der Waals surface area contributed by atoms with Crippen LogP contribution in [0.25, 0.3) is 0 Å². The molecule has 17 heavy (non-hydrogen) atoms. The zero-order valence-corrected chi connectivity index (χ0v) is 9.90. The quantitative estimate of drug-likeness (QED) is 0.774. The third-order valence-corrected chi connectivity index (χ3v) is 2.97. The van der Waals surface area contributed by atoms with Gasteiger partial charge in [-0.2, -0.15) is 0 Å². The van der Waals surface area contributed by atoms with Gasteiger partial charge in [-0.3, -0.25) is 5.32 Å². The van der Waals surface area contributed by atoms with Gasteiger partial charge in [-0.15, -0.1) is 0 Å². The summed E-state index contributed by atoms with van der Waals surface area (Å²) in [6.45, 7) is 1.88. The van der Waals surface area contributed by atoms with Gasteiger partial charge in [0.15, 0.2) is 0 Å². The zero-order chi connectivity index (χ0) is 12.3. The molecule has 0 atom stereocenters. The van der Waals surface area contributed by atoms with Gasteiger partial charge in [-0.25, -0.2) is 4.79 Å². The molecule has 2 N–H and O–H groups in total. The van der Waals surface area contributed by atoms with Crippen molar-refractivity contribution in [1.82, 2.24) is 0 Å². The van der Waals surface area contributed by atoms with E-state index < -0.39 is 6.09 Å². The SMILES string of the molecule is Cc1ccc(NC(=O)OC2CCCC2)c(O)c1. The number of amides is 1. The second kappa shape index (κ2) is 5.08. The molecule has 1 fully saturated rings. The Bertz CT molecular complexity index is 411. The Morgan fingerprint density at radius 3 is 2.76 bits per heavy atom. The van der Waals surface area contributed by atoms with Crippen molar-refractivity contribution in [1.29, 1.82) is 0 Å². The second-order valence-electron chi connectivity index (χ2n) is 4.46. The molecule has 4 heteroatoms. The first-order valence-corrected chi connectivity index (χ1v) is 5.92. The van der Waals surface area contributed by atoms with Crippen LogP contribution in [-0.4, -0.2) is 17.3 Å². The molecule has 0 radical (unpaired) electrons. The van der Waals surface area contributed by atoms with Crippen LogP contribution in [0.5, 0.6) is 5.75 Å². The molecule has 1 amide bonds. The third-order valence-electron chi connectivity index (χ3n) is 2.97. The van der Waals surface area contributed by atoms with Crippen molar-refractivity contribution in [2.75, 3.05) is 5.32 Å². The number of rotatable bonds is 2. The minimum Gasteiger partial charge on any atom is -0.506 e. The number of phenolic OH excluding ortho intramolecular Hbond substituents is 1. The van der Waals surface area contributed by atoms with Gasteiger partial charge in [-0.1, -0.05) is 6.07 Å². The minimum atomic E-state index is -0.490. The van der Waals surface area contributed by atoms with Gasteiger partial charge in [0.1, 0.15) is 11.9 Å². The lowest BCUT2D eigenvalue weighted by atomic mass is 10.2. The molecule has 1 aliphatic carbocycles. The van der Waals surface area contributed by atoms with Crippen molar-refractivity contribution in [2.45, 2.75) is 38.7 Å². The summed E-state index contributed by atoms with van der Waals surface area (Å²) in [7, 11) is 0. The molecule has 92 valence electrons. The Hall–Kier alpha value is -1.71. The highest BCUT2D eigenvalue weighted by molar-refractivity contribution is 5.86. The fourth-order valence-electron chi connectivity index (χ4n) is 2.04. The number of phenols is 1. The number of ether oxygens (including phenoxy) is 1. The molecule has 4 nitrogen and oxygen atoms in total. The summed E-state index contributed by atoms with van der Waals surface area (Å²) in [5, 5.41) is 12.2. The van der Waals surface area contributed by atoms with Crippen LogP contribution in [0.1, 0.15) is 31.2 Å². The predicted octanol–water partition coefficient (Wildman–Crippen LogP) is 3.19. The van der Waals surface area contributed by atoms with E-state index in [1.54, 1.807) is 12.1 Å². The van der Waals surface area contributed by atoms with Crippen molar-refractivity contribution in [3.63, 3.8) is 0 Å². The van der Waals surface area contributed by atoms with E-state index in [9.17, 15) is 9.90 Å².